The Labute approximate surface area is 122 Å². The molecule has 0 aromatic heterocycles. The molecule has 1 aliphatic carbocycles. The van der Waals surface area contributed by atoms with Crippen molar-refractivity contribution in [1.82, 2.24) is 5.32 Å². The Morgan fingerprint density at radius 3 is 2.05 bits per heavy atom. The second-order valence-corrected chi connectivity index (χ2v) is 7.07. The summed E-state index contributed by atoms with van der Waals surface area (Å²) < 4.78 is 0. The predicted octanol–water partition coefficient (Wildman–Crippen LogP) is 3.35. The summed E-state index contributed by atoms with van der Waals surface area (Å²) in [4.78, 5) is 23.4. The minimum atomic E-state index is -0.858. The molecule has 0 bridgehead atoms. The largest absolute Gasteiger partial charge is 0.481 e. The molecule has 1 fully saturated rings. The summed E-state index contributed by atoms with van der Waals surface area (Å²) in [5.74, 6) is -0.745. The fraction of sp³-hybridized carbons (Fsp3) is 0.875. The van der Waals surface area contributed by atoms with Crippen LogP contribution in [0.25, 0.3) is 0 Å². The van der Waals surface area contributed by atoms with Crippen molar-refractivity contribution in [2.24, 2.45) is 11.3 Å². The number of amides is 1. The summed E-state index contributed by atoms with van der Waals surface area (Å²) in [7, 11) is 0. The summed E-state index contributed by atoms with van der Waals surface area (Å²) in [6.45, 7) is 5.91. The number of aliphatic carboxylic acids is 1. The summed E-state index contributed by atoms with van der Waals surface area (Å²) in [5, 5.41) is 12.0. The van der Waals surface area contributed by atoms with Gasteiger partial charge < -0.3 is 10.4 Å². The van der Waals surface area contributed by atoms with Gasteiger partial charge in [0, 0.05) is 12.0 Å². The predicted molar refractivity (Wildman–Crippen MR) is 79.4 cm³/mol. The van der Waals surface area contributed by atoms with E-state index in [1.807, 2.05) is 20.8 Å². The quantitative estimate of drug-likeness (QED) is 0.831. The van der Waals surface area contributed by atoms with Crippen molar-refractivity contribution in [3.05, 3.63) is 0 Å². The number of hydrogen-bond donors (Lipinski definition) is 2. The number of carbonyl (C=O) groups is 2. The van der Waals surface area contributed by atoms with E-state index in [9.17, 15) is 9.59 Å². The molecule has 0 aromatic carbocycles. The average molecular weight is 283 g/mol. The first-order valence-electron chi connectivity index (χ1n) is 7.83. The van der Waals surface area contributed by atoms with E-state index < -0.39 is 5.97 Å². The van der Waals surface area contributed by atoms with Crippen LogP contribution in [0.15, 0.2) is 0 Å². The molecule has 0 aromatic rings. The van der Waals surface area contributed by atoms with Crippen LogP contribution in [0.5, 0.6) is 0 Å². The van der Waals surface area contributed by atoms with Crippen LogP contribution in [0.2, 0.25) is 0 Å². The molecule has 0 saturated heterocycles. The lowest BCUT2D eigenvalue weighted by Gasteiger charge is -2.32. The van der Waals surface area contributed by atoms with Gasteiger partial charge in [0.2, 0.25) is 5.91 Å². The van der Waals surface area contributed by atoms with Crippen molar-refractivity contribution in [3.8, 4) is 0 Å². The van der Waals surface area contributed by atoms with Crippen LogP contribution in [0.1, 0.15) is 72.1 Å². The summed E-state index contributed by atoms with van der Waals surface area (Å²) in [6, 6.07) is -0.307. The zero-order chi connectivity index (χ0) is 15.2. The van der Waals surface area contributed by atoms with Crippen molar-refractivity contribution >= 4 is 11.9 Å². The molecule has 1 rings (SSSR count). The molecule has 0 aliphatic heterocycles. The van der Waals surface area contributed by atoms with Gasteiger partial charge in [-0.2, -0.15) is 0 Å². The van der Waals surface area contributed by atoms with Gasteiger partial charge in [0.1, 0.15) is 0 Å². The highest BCUT2D eigenvalue weighted by atomic mass is 16.4. The van der Waals surface area contributed by atoms with Gasteiger partial charge in [0.05, 0.1) is 6.42 Å². The van der Waals surface area contributed by atoms with E-state index in [1.54, 1.807) is 0 Å². The Balaban J connectivity index is 2.61. The van der Waals surface area contributed by atoms with Gasteiger partial charge in [-0.3, -0.25) is 9.59 Å². The van der Waals surface area contributed by atoms with Crippen molar-refractivity contribution in [3.63, 3.8) is 0 Å². The van der Waals surface area contributed by atoms with Gasteiger partial charge in [-0.05, 0) is 18.3 Å². The molecule has 0 radical (unpaired) electrons. The average Bonchev–Trinajstić information content (AvgIpc) is 2.25. The number of nitrogens with one attached hydrogen (secondary N) is 1. The number of rotatable bonds is 4. The highest BCUT2D eigenvalue weighted by Crippen LogP contribution is 2.25. The number of carbonyl (C=O) groups excluding carboxylic acids is 1. The molecule has 0 heterocycles. The molecule has 4 nitrogen and oxygen atoms in total. The molecule has 1 unspecified atom stereocenters. The maximum Gasteiger partial charge on any atom is 0.305 e. The smallest absolute Gasteiger partial charge is 0.305 e. The molecule has 2 N–H and O–H groups in total. The molecular formula is C16H29NO3. The van der Waals surface area contributed by atoms with Crippen molar-refractivity contribution in [1.29, 1.82) is 0 Å². The molecule has 1 aliphatic rings. The molecule has 4 heteroatoms. The number of carboxylic acids is 1. The Hall–Kier alpha value is -1.06. The highest BCUT2D eigenvalue weighted by Gasteiger charge is 2.30. The van der Waals surface area contributed by atoms with Crippen molar-refractivity contribution < 1.29 is 14.7 Å². The Bertz CT molecular complexity index is 325. The van der Waals surface area contributed by atoms with Crippen molar-refractivity contribution in [2.45, 2.75) is 78.2 Å². The standard InChI is InChI=1S/C16H29NO3/c1-16(2,3)13(11-14(18)19)17-15(20)12-9-7-5-4-6-8-10-12/h12-13H,4-11H2,1-3H3,(H,17,20)(H,18,19). The third-order valence-corrected chi connectivity index (χ3v) is 4.22. The summed E-state index contributed by atoms with van der Waals surface area (Å²) in [5.41, 5.74) is -0.240. The van der Waals surface area contributed by atoms with Gasteiger partial charge in [-0.1, -0.05) is 52.9 Å². The van der Waals surface area contributed by atoms with E-state index in [-0.39, 0.29) is 29.7 Å². The lowest BCUT2D eigenvalue weighted by molar-refractivity contribution is -0.138. The Kier molecular flexibility index (Phi) is 6.50. The van der Waals surface area contributed by atoms with Gasteiger partial charge in [-0.15, -0.1) is 0 Å². The zero-order valence-corrected chi connectivity index (χ0v) is 13.1. The fourth-order valence-electron chi connectivity index (χ4n) is 2.76. The van der Waals surface area contributed by atoms with E-state index in [0.29, 0.717) is 0 Å². The maximum absolute atomic E-state index is 12.4. The molecule has 0 spiro atoms. The maximum atomic E-state index is 12.4. The highest BCUT2D eigenvalue weighted by molar-refractivity contribution is 5.79. The molecule has 1 amide bonds. The second-order valence-electron chi connectivity index (χ2n) is 7.07. The lowest BCUT2D eigenvalue weighted by atomic mass is 9.83. The normalized spacial score (nSPS) is 19.8. The first-order chi connectivity index (χ1) is 9.30. The van der Waals surface area contributed by atoms with Gasteiger partial charge in [0.15, 0.2) is 0 Å². The monoisotopic (exact) mass is 283 g/mol. The minimum Gasteiger partial charge on any atom is -0.481 e. The van der Waals surface area contributed by atoms with Crippen LogP contribution in [0, 0.1) is 11.3 Å². The third kappa shape index (κ3) is 5.93. The molecule has 20 heavy (non-hydrogen) atoms. The van der Waals surface area contributed by atoms with Crippen LogP contribution in [-0.2, 0) is 9.59 Å². The first kappa shape index (κ1) is 17.0. The first-order valence-corrected chi connectivity index (χ1v) is 7.83. The Morgan fingerprint density at radius 1 is 1.10 bits per heavy atom. The number of hydrogen-bond acceptors (Lipinski definition) is 2. The van der Waals surface area contributed by atoms with Crippen LogP contribution >= 0.6 is 0 Å². The second kappa shape index (κ2) is 7.65. The molecule has 116 valence electrons. The van der Waals surface area contributed by atoms with E-state index >= 15 is 0 Å². The van der Waals surface area contributed by atoms with Crippen LogP contribution < -0.4 is 5.32 Å². The van der Waals surface area contributed by atoms with Gasteiger partial charge in [0.25, 0.3) is 0 Å². The minimum absolute atomic E-state index is 0.0119. The SMILES string of the molecule is CC(C)(C)C(CC(=O)O)NC(=O)C1CCCCCCC1. The topological polar surface area (TPSA) is 66.4 Å². The molecule has 1 saturated carbocycles. The molecular weight excluding hydrogens is 254 g/mol. The third-order valence-electron chi connectivity index (χ3n) is 4.22. The van der Waals surface area contributed by atoms with E-state index in [0.717, 1.165) is 25.7 Å². The van der Waals surface area contributed by atoms with Crippen LogP contribution in [0.3, 0.4) is 0 Å². The van der Waals surface area contributed by atoms with E-state index in [1.165, 1.54) is 19.3 Å². The van der Waals surface area contributed by atoms with Gasteiger partial charge in [-0.25, -0.2) is 0 Å². The van der Waals surface area contributed by atoms with E-state index in [2.05, 4.69) is 5.32 Å². The van der Waals surface area contributed by atoms with Crippen LogP contribution in [-0.4, -0.2) is 23.0 Å². The van der Waals surface area contributed by atoms with Crippen LogP contribution in [0.4, 0.5) is 0 Å². The fourth-order valence-corrected chi connectivity index (χ4v) is 2.76. The number of carboxylic acid groups (broad SMARTS) is 1. The van der Waals surface area contributed by atoms with Crippen molar-refractivity contribution in [2.75, 3.05) is 0 Å². The zero-order valence-electron chi connectivity index (χ0n) is 13.1. The summed E-state index contributed by atoms with van der Waals surface area (Å²) >= 11 is 0. The van der Waals surface area contributed by atoms with Gasteiger partial charge >= 0.3 is 5.97 Å². The Morgan fingerprint density at radius 2 is 1.60 bits per heavy atom. The lowest BCUT2D eigenvalue weighted by Crippen LogP contribution is -2.47. The van der Waals surface area contributed by atoms with E-state index in [4.69, 9.17) is 5.11 Å². The molecule has 1 atom stereocenters. The summed E-state index contributed by atoms with van der Waals surface area (Å²) in [6.07, 6.45) is 7.78.